The van der Waals surface area contributed by atoms with Gasteiger partial charge in [-0.1, -0.05) is 60.1 Å². The van der Waals surface area contributed by atoms with Crippen molar-refractivity contribution in [2.75, 3.05) is 6.54 Å². The Morgan fingerprint density at radius 2 is 1.77 bits per heavy atom. The van der Waals surface area contributed by atoms with Gasteiger partial charge in [0, 0.05) is 24.8 Å². The first kappa shape index (κ1) is 19.9. The maximum absolute atomic E-state index is 13.1. The van der Waals surface area contributed by atoms with Crippen molar-refractivity contribution in [3.05, 3.63) is 89.3 Å². The summed E-state index contributed by atoms with van der Waals surface area (Å²) in [6.07, 6.45) is 4.12. The second-order valence-corrected chi connectivity index (χ2v) is 7.39. The van der Waals surface area contributed by atoms with E-state index in [4.69, 9.17) is 16.7 Å². The molecule has 0 fully saturated rings. The number of carbonyl (C=O) groups excluding carboxylic acids is 1. The molecule has 6 nitrogen and oxygen atoms in total. The summed E-state index contributed by atoms with van der Waals surface area (Å²) < 4.78 is 3.59. The lowest BCUT2D eigenvalue weighted by molar-refractivity contribution is 0.0952. The predicted molar refractivity (Wildman–Crippen MR) is 118 cm³/mol. The number of hydrogen-bond acceptors (Lipinski definition) is 3. The van der Waals surface area contributed by atoms with Gasteiger partial charge in [0.05, 0.1) is 28.2 Å². The zero-order chi connectivity index (χ0) is 20.9. The van der Waals surface area contributed by atoms with Crippen LogP contribution in [0.4, 0.5) is 0 Å². The number of hydrogen-bond donors (Lipinski definition) is 1. The molecule has 1 amide bonds. The smallest absolute Gasteiger partial charge is 0.255 e. The number of carbonyl (C=O) groups is 1. The number of para-hydroxylation sites is 1. The second kappa shape index (κ2) is 8.97. The predicted octanol–water partition coefficient (Wildman–Crippen LogP) is 4.52. The topological polar surface area (TPSA) is 64.7 Å². The zero-order valence-electron chi connectivity index (χ0n) is 16.6. The maximum Gasteiger partial charge on any atom is 0.255 e. The fraction of sp³-hybridized carbons (Fsp3) is 0.174. The van der Waals surface area contributed by atoms with Crippen molar-refractivity contribution in [1.82, 2.24) is 24.9 Å². The van der Waals surface area contributed by atoms with Crippen LogP contribution in [0.5, 0.6) is 0 Å². The number of aryl methyl sites for hydroxylation is 1. The number of nitrogens with one attached hydrogen (secondary N) is 1. The third-order valence-corrected chi connectivity index (χ3v) is 5.04. The van der Waals surface area contributed by atoms with Gasteiger partial charge in [0.25, 0.3) is 5.91 Å². The van der Waals surface area contributed by atoms with E-state index in [9.17, 15) is 4.79 Å². The van der Waals surface area contributed by atoms with Gasteiger partial charge >= 0.3 is 0 Å². The highest BCUT2D eigenvalue weighted by Crippen LogP contribution is 2.27. The maximum atomic E-state index is 13.1. The van der Waals surface area contributed by atoms with E-state index in [0.717, 1.165) is 23.4 Å². The van der Waals surface area contributed by atoms with Crippen LogP contribution in [0, 0.1) is 6.92 Å². The molecular formula is C23H22ClN5O. The molecule has 0 atom stereocenters. The Hall–Kier alpha value is -3.38. The van der Waals surface area contributed by atoms with Gasteiger partial charge in [0.15, 0.2) is 0 Å². The number of amides is 1. The molecule has 2 aromatic heterocycles. The van der Waals surface area contributed by atoms with E-state index in [-0.39, 0.29) is 5.91 Å². The standard InChI is InChI=1S/C23H22ClN5O/c1-17-21(23(30)25-13-8-14-28-16-19(24)15-26-28)22(18-9-4-2-5-10-18)27-29(17)20-11-6-3-7-12-20/h2-7,9-12,15-16H,8,13-14H2,1H3,(H,25,30). The van der Waals surface area contributed by atoms with Gasteiger partial charge in [0.1, 0.15) is 5.69 Å². The molecule has 2 aromatic carbocycles. The minimum absolute atomic E-state index is 0.132. The Bertz CT molecular complexity index is 1140. The van der Waals surface area contributed by atoms with Crippen LogP contribution in [0.15, 0.2) is 73.1 Å². The monoisotopic (exact) mass is 419 g/mol. The molecule has 0 saturated heterocycles. The molecule has 1 N–H and O–H groups in total. The van der Waals surface area contributed by atoms with Crippen molar-refractivity contribution in [2.45, 2.75) is 19.9 Å². The van der Waals surface area contributed by atoms with Crippen LogP contribution in [0.1, 0.15) is 22.5 Å². The van der Waals surface area contributed by atoms with Crippen LogP contribution >= 0.6 is 11.6 Å². The van der Waals surface area contributed by atoms with E-state index in [2.05, 4.69) is 10.4 Å². The molecule has 0 radical (unpaired) electrons. The Morgan fingerprint density at radius 1 is 1.07 bits per heavy atom. The molecule has 0 aliphatic heterocycles. The number of aromatic nitrogens is 4. The summed E-state index contributed by atoms with van der Waals surface area (Å²) in [5.74, 6) is -0.132. The second-order valence-electron chi connectivity index (χ2n) is 6.95. The zero-order valence-corrected chi connectivity index (χ0v) is 17.4. The van der Waals surface area contributed by atoms with Crippen LogP contribution in [0.2, 0.25) is 5.02 Å². The third kappa shape index (κ3) is 4.28. The van der Waals surface area contributed by atoms with Gasteiger partial charge in [-0.25, -0.2) is 4.68 Å². The summed E-state index contributed by atoms with van der Waals surface area (Å²) in [4.78, 5) is 13.1. The summed E-state index contributed by atoms with van der Waals surface area (Å²) in [5, 5.41) is 12.6. The minimum Gasteiger partial charge on any atom is -0.352 e. The highest BCUT2D eigenvalue weighted by molar-refractivity contribution is 6.30. The highest BCUT2D eigenvalue weighted by atomic mass is 35.5. The first-order valence-electron chi connectivity index (χ1n) is 9.80. The minimum atomic E-state index is -0.132. The fourth-order valence-corrected chi connectivity index (χ4v) is 3.54. The van der Waals surface area contributed by atoms with Gasteiger partial charge in [-0.15, -0.1) is 0 Å². The summed E-state index contributed by atoms with van der Waals surface area (Å²) in [6.45, 7) is 3.13. The summed E-state index contributed by atoms with van der Waals surface area (Å²) >= 11 is 5.89. The average Bonchev–Trinajstić information content (AvgIpc) is 3.35. The lowest BCUT2D eigenvalue weighted by atomic mass is 10.1. The molecule has 7 heteroatoms. The molecule has 30 heavy (non-hydrogen) atoms. The van der Waals surface area contributed by atoms with Crippen LogP contribution < -0.4 is 5.32 Å². The van der Waals surface area contributed by atoms with Crippen LogP contribution in [-0.2, 0) is 6.54 Å². The Labute approximate surface area is 180 Å². The largest absolute Gasteiger partial charge is 0.352 e. The lowest BCUT2D eigenvalue weighted by Crippen LogP contribution is -2.26. The molecular weight excluding hydrogens is 398 g/mol. The number of nitrogens with zero attached hydrogens (tertiary/aromatic N) is 4. The Balaban J connectivity index is 1.57. The van der Waals surface area contributed by atoms with E-state index < -0.39 is 0 Å². The number of benzene rings is 2. The summed E-state index contributed by atoms with van der Waals surface area (Å²) in [6, 6.07) is 19.6. The van der Waals surface area contributed by atoms with Crippen molar-refractivity contribution in [3.8, 4) is 16.9 Å². The molecule has 0 bridgehead atoms. The lowest BCUT2D eigenvalue weighted by Gasteiger charge is -2.08. The molecule has 0 aliphatic carbocycles. The molecule has 152 valence electrons. The Morgan fingerprint density at radius 3 is 2.43 bits per heavy atom. The van der Waals surface area contributed by atoms with Gasteiger partial charge in [-0.2, -0.15) is 10.2 Å². The van der Waals surface area contributed by atoms with E-state index in [0.29, 0.717) is 29.4 Å². The normalized spacial score (nSPS) is 10.9. The molecule has 2 heterocycles. The van der Waals surface area contributed by atoms with Gasteiger partial charge in [-0.05, 0) is 25.5 Å². The molecule has 0 saturated carbocycles. The SMILES string of the molecule is Cc1c(C(=O)NCCCn2cc(Cl)cn2)c(-c2ccccc2)nn1-c1ccccc1. The number of rotatable bonds is 7. The van der Waals surface area contributed by atoms with Crippen LogP contribution in [0.25, 0.3) is 16.9 Å². The first-order chi connectivity index (χ1) is 14.6. The van der Waals surface area contributed by atoms with Gasteiger partial charge < -0.3 is 5.32 Å². The van der Waals surface area contributed by atoms with Crippen LogP contribution in [0.3, 0.4) is 0 Å². The first-order valence-corrected chi connectivity index (χ1v) is 10.2. The number of halogens is 1. The van der Waals surface area contributed by atoms with E-state index in [1.54, 1.807) is 17.1 Å². The van der Waals surface area contributed by atoms with E-state index >= 15 is 0 Å². The third-order valence-electron chi connectivity index (χ3n) is 4.84. The summed E-state index contributed by atoms with van der Waals surface area (Å²) in [7, 11) is 0. The quantitative estimate of drug-likeness (QED) is 0.448. The van der Waals surface area contributed by atoms with Crippen molar-refractivity contribution in [3.63, 3.8) is 0 Å². The van der Waals surface area contributed by atoms with Gasteiger partial charge in [0.2, 0.25) is 0 Å². The van der Waals surface area contributed by atoms with Crippen LogP contribution in [-0.4, -0.2) is 32.0 Å². The molecule has 4 aromatic rings. The Kier molecular flexibility index (Phi) is 5.95. The highest BCUT2D eigenvalue weighted by Gasteiger charge is 2.22. The average molecular weight is 420 g/mol. The van der Waals surface area contributed by atoms with E-state index in [1.807, 2.05) is 72.3 Å². The van der Waals surface area contributed by atoms with Gasteiger partial charge in [-0.3, -0.25) is 9.48 Å². The van der Waals surface area contributed by atoms with Crippen molar-refractivity contribution in [2.24, 2.45) is 0 Å². The van der Waals surface area contributed by atoms with Crippen molar-refractivity contribution >= 4 is 17.5 Å². The van der Waals surface area contributed by atoms with Crippen molar-refractivity contribution < 1.29 is 4.79 Å². The molecule has 0 unspecified atom stereocenters. The molecule has 0 spiro atoms. The summed E-state index contributed by atoms with van der Waals surface area (Å²) in [5.41, 5.74) is 3.89. The molecule has 4 rings (SSSR count). The fourth-order valence-electron chi connectivity index (χ4n) is 3.38. The van der Waals surface area contributed by atoms with Crippen molar-refractivity contribution in [1.29, 1.82) is 0 Å². The van der Waals surface area contributed by atoms with E-state index in [1.165, 1.54) is 0 Å². The molecule has 0 aliphatic rings.